The molecular formula is C15H14ClFN2O5S. The molecule has 134 valence electrons. The molecule has 0 aliphatic carbocycles. The van der Waals surface area contributed by atoms with Crippen LogP contribution in [0.4, 0.5) is 4.39 Å². The molecule has 0 fully saturated rings. The summed E-state index contributed by atoms with van der Waals surface area (Å²) in [6, 6.07) is 7.22. The van der Waals surface area contributed by atoms with Gasteiger partial charge in [-0.3, -0.25) is 10.2 Å². The molecule has 0 bridgehead atoms. The molecule has 0 atom stereocenters. The number of hydrogen-bond acceptors (Lipinski definition) is 5. The van der Waals surface area contributed by atoms with E-state index in [4.69, 9.17) is 21.1 Å². The van der Waals surface area contributed by atoms with Crippen LogP contribution in [0.2, 0.25) is 5.02 Å². The van der Waals surface area contributed by atoms with Crippen LogP contribution in [-0.4, -0.2) is 28.5 Å². The van der Waals surface area contributed by atoms with Crippen LogP contribution in [0, 0.1) is 5.82 Å². The first-order chi connectivity index (χ1) is 11.8. The fourth-order valence-corrected chi connectivity index (χ4v) is 2.94. The van der Waals surface area contributed by atoms with Crippen molar-refractivity contribution in [3.8, 4) is 11.5 Å². The zero-order chi connectivity index (χ0) is 18.6. The third kappa shape index (κ3) is 4.59. The molecule has 0 aliphatic rings. The lowest BCUT2D eigenvalue weighted by atomic mass is 10.2. The summed E-state index contributed by atoms with van der Waals surface area (Å²) in [7, 11) is -1.30. The zero-order valence-corrected chi connectivity index (χ0v) is 14.7. The molecule has 0 unspecified atom stereocenters. The van der Waals surface area contributed by atoms with Crippen LogP contribution < -0.4 is 19.7 Å². The average Bonchev–Trinajstić information content (AvgIpc) is 2.61. The number of carbonyl (C=O) groups is 1. The standard InChI is InChI=1S/C15H14ClFN2O5S/c1-23-10-5-9(6-11(7-10)24-2)15(20)18-19-25(21,22)12-3-4-14(17)13(16)8-12/h3-8,19H,1-2H3,(H,18,20). The maximum Gasteiger partial charge on any atom is 0.266 e. The van der Waals surface area contributed by atoms with E-state index in [1.165, 1.54) is 26.4 Å². The number of halogens is 2. The Morgan fingerprint density at radius 3 is 2.20 bits per heavy atom. The van der Waals surface area contributed by atoms with Crippen LogP contribution in [0.3, 0.4) is 0 Å². The fourth-order valence-electron chi connectivity index (χ4n) is 1.83. The molecule has 1 amide bonds. The molecule has 10 heteroatoms. The molecule has 7 nitrogen and oxygen atoms in total. The summed E-state index contributed by atoms with van der Waals surface area (Å²) in [5.74, 6) is -0.780. The van der Waals surface area contributed by atoms with Crippen LogP contribution >= 0.6 is 11.6 Å². The molecule has 2 aromatic rings. The molecule has 0 spiro atoms. The van der Waals surface area contributed by atoms with E-state index in [9.17, 15) is 17.6 Å². The maximum atomic E-state index is 13.1. The Morgan fingerprint density at radius 2 is 1.68 bits per heavy atom. The normalized spacial score (nSPS) is 11.0. The molecule has 0 saturated carbocycles. The lowest BCUT2D eigenvalue weighted by Gasteiger charge is -2.11. The molecule has 2 aromatic carbocycles. The van der Waals surface area contributed by atoms with Crippen molar-refractivity contribution < 1.29 is 27.1 Å². The second-order valence-electron chi connectivity index (χ2n) is 4.74. The molecule has 0 saturated heterocycles. The Bertz CT molecular complexity index is 883. The summed E-state index contributed by atoms with van der Waals surface area (Å²) in [6.07, 6.45) is 0. The van der Waals surface area contributed by atoms with Crippen molar-refractivity contribution in [1.82, 2.24) is 10.3 Å². The fraction of sp³-hybridized carbons (Fsp3) is 0.133. The number of nitrogens with one attached hydrogen (secondary N) is 2. The van der Waals surface area contributed by atoms with Crippen molar-refractivity contribution in [1.29, 1.82) is 0 Å². The monoisotopic (exact) mass is 388 g/mol. The van der Waals surface area contributed by atoms with Gasteiger partial charge in [0.1, 0.15) is 17.3 Å². The lowest BCUT2D eigenvalue weighted by Crippen LogP contribution is -2.41. The van der Waals surface area contributed by atoms with Gasteiger partial charge in [-0.2, -0.15) is 0 Å². The summed E-state index contributed by atoms with van der Waals surface area (Å²) >= 11 is 5.56. The number of rotatable bonds is 6. The van der Waals surface area contributed by atoms with E-state index >= 15 is 0 Å². The van der Waals surface area contributed by atoms with Gasteiger partial charge in [-0.1, -0.05) is 11.6 Å². The minimum atomic E-state index is -4.13. The van der Waals surface area contributed by atoms with Gasteiger partial charge < -0.3 is 9.47 Å². The highest BCUT2D eigenvalue weighted by Gasteiger charge is 2.18. The van der Waals surface area contributed by atoms with Crippen molar-refractivity contribution in [2.24, 2.45) is 0 Å². The maximum absolute atomic E-state index is 13.1. The second-order valence-corrected chi connectivity index (χ2v) is 6.83. The van der Waals surface area contributed by atoms with Gasteiger partial charge in [0.25, 0.3) is 15.9 Å². The number of sulfonamides is 1. The highest BCUT2D eigenvalue weighted by molar-refractivity contribution is 7.89. The summed E-state index contributed by atoms with van der Waals surface area (Å²) in [6.45, 7) is 0. The SMILES string of the molecule is COc1cc(OC)cc(C(=O)NNS(=O)(=O)c2ccc(F)c(Cl)c2)c1. The molecule has 25 heavy (non-hydrogen) atoms. The van der Waals surface area contributed by atoms with E-state index in [2.05, 4.69) is 0 Å². The summed E-state index contributed by atoms with van der Waals surface area (Å²) in [4.78, 5) is 13.7. The van der Waals surface area contributed by atoms with Gasteiger partial charge in [0.2, 0.25) is 0 Å². The van der Waals surface area contributed by atoms with Crippen molar-refractivity contribution in [2.75, 3.05) is 14.2 Å². The largest absolute Gasteiger partial charge is 0.497 e. The predicted octanol–water partition coefficient (Wildman–Crippen LogP) is 2.12. The first-order valence-corrected chi connectivity index (χ1v) is 8.63. The Morgan fingerprint density at radius 1 is 1.08 bits per heavy atom. The molecule has 2 N–H and O–H groups in total. The van der Waals surface area contributed by atoms with Gasteiger partial charge in [-0.05, 0) is 30.3 Å². The van der Waals surface area contributed by atoms with Crippen LogP contribution in [0.5, 0.6) is 11.5 Å². The third-order valence-corrected chi connectivity index (χ3v) is 4.65. The molecule has 2 rings (SSSR count). The third-order valence-electron chi connectivity index (χ3n) is 3.11. The van der Waals surface area contributed by atoms with E-state index in [-0.39, 0.29) is 15.5 Å². The quantitative estimate of drug-likeness (QED) is 0.739. The summed E-state index contributed by atoms with van der Waals surface area (Å²) in [5.41, 5.74) is 2.16. The summed E-state index contributed by atoms with van der Waals surface area (Å²) in [5, 5.41) is -0.355. The van der Waals surface area contributed by atoms with Crippen LogP contribution in [0.15, 0.2) is 41.3 Å². The number of amides is 1. The van der Waals surface area contributed by atoms with Crippen LogP contribution in [0.25, 0.3) is 0 Å². The first kappa shape index (κ1) is 19.0. The van der Waals surface area contributed by atoms with Gasteiger partial charge >= 0.3 is 0 Å². The molecule has 0 aromatic heterocycles. The van der Waals surface area contributed by atoms with Crippen molar-refractivity contribution in [3.63, 3.8) is 0 Å². The highest BCUT2D eigenvalue weighted by atomic mass is 35.5. The first-order valence-electron chi connectivity index (χ1n) is 6.77. The number of carbonyl (C=O) groups excluding carboxylic acids is 1. The highest BCUT2D eigenvalue weighted by Crippen LogP contribution is 2.22. The molecule has 0 aliphatic heterocycles. The zero-order valence-electron chi connectivity index (χ0n) is 13.2. The Hall–Kier alpha value is -2.36. The van der Waals surface area contributed by atoms with Crippen molar-refractivity contribution >= 4 is 27.5 Å². The Kier molecular flexibility index (Phi) is 5.83. The molecular weight excluding hydrogens is 375 g/mol. The van der Waals surface area contributed by atoms with E-state index < -0.39 is 21.7 Å². The Balaban J connectivity index is 2.17. The minimum absolute atomic E-state index is 0.107. The van der Waals surface area contributed by atoms with Crippen molar-refractivity contribution in [2.45, 2.75) is 4.90 Å². The van der Waals surface area contributed by atoms with Gasteiger partial charge in [0.05, 0.1) is 24.1 Å². The van der Waals surface area contributed by atoms with Crippen LogP contribution in [0.1, 0.15) is 10.4 Å². The molecule has 0 radical (unpaired) electrons. The number of hydrazine groups is 1. The average molecular weight is 389 g/mol. The topological polar surface area (TPSA) is 93.7 Å². The van der Waals surface area contributed by atoms with E-state index in [1.807, 2.05) is 10.3 Å². The van der Waals surface area contributed by atoms with E-state index in [0.29, 0.717) is 11.5 Å². The van der Waals surface area contributed by atoms with Gasteiger partial charge in [-0.15, -0.1) is 4.83 Å². The molecule has 0 heterocycles. The number of benzene rings is 2. The van der Waals surface area contributed by atoms with Crippen molar-refractivity contribution in [3.05, 3.63) is 52.8 Å². The van der Waals surface area contributed by atoms with Gasteiger partial charge in [0.15, 0.2) is 0 Å². The van der Waals surface area contributed by atoms with Gasteiger partial charge in [-0.25, -0.2) is 12.8 Å². The number of methoxy groups -OCH3 is 2. The second kappa shape index (κ2) is 7.68. The van der Waals surface area contributed by atoms with E-state index in [0.717, 1.165) is 18.2 Å². The predicted molar refractivity (Wildman–Crippen MR) is 88.7 cm³/mol. The van der Waals surface area contributed by atoms with Crippen LogP contribution in [-0.2, 0) is 10.0 Å². The van der Waals surface area contributed by atoms with Gasteiger partial charge in [0, 0.05) is 11.6 Å². The lowest BCUT2D eigenvalue weighted by molar-refractivity contribution is 0.0944. The van der Waals surface area contributed by atoms with E-state index in [1.54, 1.807) is 6.07 Å². The smallest absolute Gasteiger partial charge is 0.266 e. The number of hydrogen-bond donors (Lipinski definition) is 2. The minimum Gasteiger partial charge on any atom is -0.497 e. The Labute approximate surface area is 148 Å². The summed E-state index contributed by atoms with van der Waals surface area (Å²) < 4.78 is 47.4. The number of ether oxygens (including phenoxy) is 2.